The number of nitrogens with zero attached hydrogens (tertiary/aromatic N) is 2. The highest BCUT2D eigenvalue weighted by molar-refractivity contribution is 6.36. The van der Waals surface area contributed by atoms with E-state index in [1.807, 2.05) is 14.8 Å². The first-order valence-electron chi connectivity index (χ1n) is 5.26. The number of hydrogen-bond donors (Lipinski definition) is 1. The largest absolute Gasteiger partial charge is 0.476 e. The summed E-state index contributed by atoms with van der Waals surface area (Å²) in [7, 11) is 1.83. The van der Waals surface area contributed by atoms with Gasteiger partial charge in [0.15, 0.2) is 5.69 Å². The van der Waals surface area contributed by atoms with Crippen LogP contribution in [0, 0.1) is 5.92 Å². The molecular weight excluding hydrogens is 191 g/mol. The maximum Gasteiger partial charge on any atom is 0.355 e. The molecule has 5 heteroatoms. The lowest BCUT2D eigenvalue weighted by atomic mass is 9.89. The molecule has 4 nitrogen and oxygen atoms in total. The van der Waals surface area contributed by atoms with Crippen molar-refractivity contribution in [2.75, 3.05) is 0 Å². The second-order valence-corrected chi connectivity index (χ2v) is 4.14. The zero-order chi connectivity index (χ0) is 11.6. The van der Waals surface area contributed by atoms with Crippen molar-refractivity contribution in [2.24, 2.45) is 5.92 Å². The molecule has 0 aliphatic carbocycles. The van der Waals surface area contributed by atoms with Crippen molar-refractivity contribution in [3.8, 4) is 0 Å². The Morgan fingerprint density at radius 2 is 2.20 bits per heavy atom. The summed E-state index contributed by atoms with van der Waals surface area (Å²) in [5.74, 6) is -0.433. The first-order chi connectivity index (χ1) is 6.97. The van der Waals surface area contributed by atoms with E-state index in [9.17, 15) is 4.79 Å². The van der Waals surface area contributed by atoms with Crippen molar-refractivity contribution in [1.82, 2.24) is 9.78 Å². The summed E-state index contributed by atoms with van der Waals surface area (Å²) in [5.41, 5.74) is 2.04. The summed E-state index contributed by atoms with van der Waals surface area (Å²) in [6, 6.07) is 0. The zero-order valence-corrected chi connectivity index (χ0v) is 9.74. The third kappa shape index (κ3) is 2.40. The molecule has 1 rings (SSSR count). The van der Waals surface area contributed by atoms with Crippen molar-refractivity contribution in [1.29, 1.82) is 0 Å². The van der Waals surface area contributed by atoms with Crippen LogP contribution in [0.25, 0.3) is 0 Å². The van der Waals surface area contributed by atoms with Crippen molar-refractivity contribution >= 4 is 19.3 Å². The van der Waals surface area contributed by atoms with E-state index in [0.717, 1.165) is 24.1 Å². The Hall–Kier alpha value is -1.26. The molecule has 82 valence electrons. The van der Waals surface area contributed by atoms with Crippen LogP contribution in [0.5, 0.6) is 0 Å². The van der Waals surface area contributed by atoms with E-state index < -0.39 is 5.97 Å². The highest BCUT2D eigenvalue weighted by Crippen LogP contribution is 2.07. The van der Waals surface area contributed by atoms with Gasteiger partial charge in [-0.05, 0) is 24.7 Å². The highest BCUT2D eigenvalue weighted by Gasteiger charge is 2.18. The van der Waals surface area contributed by atoms with Gasteiger partial charge >= 0.3 is 5.97 Å². The highest BCUT2D eigenvalue weighted by atomic mass is 16.4. The molecule has 15 heavy (non-hydrogen) atoms. The molecule has 1 aromatic rings. The van der Waals surface area contributed by atoms with E-state index in [1.165, 1.54) is 0 Å². The van der Waals surface area contributed by atoms with Gasteiger partial charge in [0.1, 0.15) is 7.85 Å². The first kappa shape index (κ1) is 11.8. The lowest BCUT2D eigenvalue weighted by Crippen LogP contribution is -2.18. The van der Waals surface area contributed by atoms with Gasteiger partial charge in [0.25, 0.3) is 0 Å². The fraction of sp³-hybridized carbons (Fsp3) is 0.600. The molecule has 0 aromatic carbocycles. The SMILES string of the molecule is Bc1c(C(=O)O)nn(CC)c1CC(C)C. The normalized spacial score (nSPS) is 10.9. The van der Waals surface area contributed by atoms with Gasteiger partial charge in [-0.1, -0.05) is 13.8 Å². The van der Waals surface area contributed by atoms with Gasteiger partial charge in [-0.3, -0.25) is 4.68 Å². The average Bonchev–Trinajstić information content (AvgIpc) is 2.43. The number of aromatic nitrogens is 2. The smallest absolute Gasteiger partial charge is 0.355 e. The van der Waals surface area contributed by atoms with Crippen molar-refractivity contribution in [3.05, 3.63) is 11.4 Å². The van der Waals surface area contributed by atoms with Crippen molar-refractivity contribution < 1.29 is 9.90 Å². The lowest BCUT2D eigenvalue weighted by molar-refractivity contribution is 0.0691. The third-order valence-corrected chi connectivity index (χ3v) is 2.42. The summed E-state index contributed by atoms with van der Waals surface area (Å²) in [6.07, 6.45) is 0.875. The van der Waals surface area contributed by atoms with E-state index in [1.54, 1.807) is 4.68 Å². The molecule has 0 saturated heterocycles. The van der Waals surface area contributed by atoms with Crippen molar-refractivity contribution in [3.63, 3.8) is 0 Å². The monoisotopic (exact) mass is 208 g/mol. The topological polar surface area (TPSA) is 55.1 Å². The summed E-state index contributed by atoms with van der Waals surface area (Å²) in [4.78, 5) is 10.9. The average molecular weight is 208 g/mol. The first-order valence-corrected chi connectivity index (χ1v) is 5.26. The van der Waals surface area contributed by atoms with E-state index >= 15 is 0 Å². The Kier molecular flexibility index (Phi) is 3.55. The van der Waals surface area contributed by atoms with Gasteiger partial charge in [-0.25, -0.2) is 4.79 Å². The number of hydrogen-bond acceptors (Lipinski definition) is 2. The molecule has 1 N–H and O–H groups in total. The lowest BCUT2D eigenvalue weighted by Gasteiger charge is -2.08. The molecule has 0 bridgehead atoms. The van der Waals surface area contributed by atoms with E-state index in [4.69, 9.17) is 5.11 Å². The number of carboxylic acid groups (broad SMARTS) is 1. The Balaban J connectivity index is 3.17. The van der Waals surface area contributed by atoms with E-state index in [-0.39, 0.29) is 5.69 Å². The van der Waals surface area contributed by atoms with Crippen LogP contribution in [-0.2, 0) is 13.0 Å². The standard InChI is InChI=1S/C10H17BN2O2/c1-4-13-7(5-6(2)3)8(11)9(12-13)10(14)15/h6H,4-5,11H2,1-3H3,(H,14,15). The summed E-state index contributed by atoms with van der Waals surface area (Å²) in [5, 5.41) is 13.1. The van der Waals surface area contributed by atoms with Gasteiger partial charge < -0.3 is 5.11 Å². The van der Waals surface area contributed by atoms with Crippen LogP contribution < -0.4 is 5.46 Å². The van der Waals surface area contributed by atoms with Gasteiger partial charge in [-0.15, -0.1) is 0 Å². The summed E-state index contributed by atoms with van der Waals surface area (Å²) < 4.78 is 1.79. The maximum absolute atomic E-state index is 10.9. The van der Waals surface area contributed by atoms with Crippen LogP contribution in [0.3, 0.4) is 0 Å². The molecule has 0 atom stereocenters. The maximum atomic E-state index is 10.9. The molecule has 0 saturated carbocycles. The molecule has 0 fully saturated rings. The minimum Gasteiger partial charge on any atom is -0.476 e. The van der Waals surface area contributed by atoms with E-state index in [2.05, 4.69) is 18.9 Å². The van der Waals surface area contributed by atoms with Crippen molar-refractivity contribution in [2.45, 2.75) is 33.7 Å². The summed E-state index contributed by atoms with van der Waals surface area (Å²) in [6.45, 7) is 6.93. The van der Waals surface area contributed by atoms with E-state index in [0.29, 0.717) is 5.92 Å². The number of aromatic carboxylic acids is 1. The van der Waals surface area contributed by atoms with Gasteiger partial charge in [-0.2, -0.15) is 5.10 Å². The number of carbonyl (C=O) groups is 1. The quantitative estimate of drug-likeness (QED) is 0.711. The predicted molar refractivity (Wildman–Crippen MR) is 61.6 cm³/mol. The molecule has 0 unspecified atom stereocenters. The molecule has 0 spiro atoms. The molecule has 0 aliphatic rings. The number of aryl methyl sites for hydroxylation is 1. The molecule has 0 aliphatic heterocycles. The Morgan fingerprint density at radius 1 is 1.60 bits per heavy atom. The van der Waals surface area contributed by atoms with Gasteiger partial charge in [0.05, 0.1) is 0 Å². The van der Waals surface area contributed by atoms with Crippen LogP contribution in [-0.4, -0.2) is 28.7 Å². The molecular formula is C10H17BN2O2. The van der Waals surface area contributed by atoms with Crippen LogP contribution in [0.15, 0.2) is 0 Å². The Bertz CT molecular complexity index is 372. The Morgan fingerprint density at radius 3 is 2.60 bits per heavy atom. The molecule has 1 aromatic heterocycles. The Labute approximate surface area is 90.7 Å². The van der Waals surface area contributed by atoms with Crippen LogP contribution in [0.4, 0.5) is 0 Å². The second-order valence-electron chi connectivity index (χ2n) is 4.14. The molecule has 0 amide bonds. The second kappa shape index (κ2) is 4.51. The van der Waals surface area contributed by atoms with Crippen LogP contribution >= 0.6 is 0 Å². The fourth-order valence-corrected chi connectivity index (χ4v) is 1.70. The minimum absolute atomic E-state index is 0.188. The molecule has 1 heterocycles. The fourth-order valence-electron chi connectivity index (χ4n) is 1.70. The zero-order valence-electron chi connectivity index (χ0n) is 9.74. The number of rotatable bonds is 4. The summed E-state index contributed by atoms with van der Waals surface area (Å²) >= 11 is 0. The number of carboxylic acids is 1. The predicted octanol–water partition coefficient (Wildman–Crippen LogP) is 0.0581. The third-order valence-electron chi connectivity index (χ3n) is 2.42. The van der Waals surface area contributed by atoms with Crippen LogP contribution in [0.2, 0.25) is 0 Å². The van der Waals surface area contributed by atoms with Gasteiger partial charge in [0, 0.05) is 12.2 Å². The van der Waals surface area contributed by atoms with Gasteiger partial charge in [0.2, 0.25) is 0 Å². The van der Waals surface area contributed by atoms with Crippen LogP contribution in [0.1, 0.15) is 37.0 Å². The minimum atomic E-state index is -0.940. The molecule has 0 radical (unpaired) electrons.